The average molecular weight is 313 g/mol. The van der Waals surface area contributed by atoms with Gasteiger partial charge in [-0.3, -0.25) is 9.59 Å². The number of hydrogen-bond acceptors (Lipinski definition) is 4. The second-order valence-electron chi connectivity index (χ2n) is 6.34. The summed E-state index contributed by atoms with van der Waals surface area (Å²) >= 11 is 0. The lowest BCUT2D eigenvalue weighted by Crippen LogP contribution is -2.46. The molecule has 0 unspecified atom stereocenters. The van der Waals surface area contributed by atoms with Crippen molar-refractivity contribution in [2.24, 2.45) is 23.7 Å². The Morgan fingerprint density at radius 2 is 1.81 bits per heavy atom. The Labute approximate surface area is 123 Å². The maximum absolute atomic E-state index is 12.7. The number of carbonyl (C=O) groups is 2. The topological polar surface area (TPSA) is 91.8 Å². The van der Waals surface area contributed by atoms with E-state index in [1.807, 2.05) is 12.2 Å². The highest BCUT2D eigenvalue weighted by atomic mass is 32.2. The molecule has 116 valence electrons. The Morgan fingerprint density at radius 3 is 2.33 bits per heavy atom. The summed E-state index contributed by atoms with van der Waals surface area (Å²) in [7, 11) is -1.46. The van der Waals surface area contributed by atoms with Gasteiger partial charge in [-0.15, -0.1) is 0 Å². The molecule has 1 saturated carbocycles. The van der Waals surface area contributed by atoms with Crippen LogP contribution in [0.1, 0.15) is 12.8 Å². The Kier molecular flexibility index (Phi) is 3.35. The Morgan fingerprint density at radius 1 is 1.19 bits per heavy atom. The van der Waals surface area contributed by atoms with E-state index in [1.54, 1.807) is 7.05 Å². The number of carbonyl (C=O) groups excluding carboxylic acids is 1. The van der Waals surface area contributed by atoms with Gasteiger partial charge in [0.05, 0.1) is 23.3 Å². The van der Waals surface area contributed by atoms with Crippen molar-refractivity contribution in [3.63, 3.8) is 0 Å². The van der Waals surface area contributed by atoms with E-state index in [2.05, 4.69) is 0 Å². The SMILES string of the molecule is CN(C(=O)[C@H]1[C@H](C(=O)O)[C@H]2C=C[C@H]1C2)[C@H]1CCS(=O)(=O)C1. The molecule has 0 aromatic rings. The van der Waals surface area contributed by atoms with Crippen LogP contribution in [0.25, 0.3) is 0 Å². The number of carboxylic acid groups (broad SMARTS) is 1. The van der Waals surface area contributed by atoms with Crippen LogP contribution >= 0.6 is 0 Å². The lowest BCUT2D eigenvalue weighted by Gasteiger charge is -2.31. The molecule has 2 bridgehead atoms. The molecule has 3 aliphatic rings. The van der Waals surface area contributed by atoms with Crippen molar-refractivity contribution in [2.75, 3.05) is 18.6 Å². The van der Waals surface area contributed by atoms with Crippen LogP contribution in [-0.4, -0.2) is 54.9 Å². The van der Waals surface area contributed by atoms with E-state index < -0.39 is 27.6 Å². The molecule has 1 heterocycles. The van der Waals surface area contributed by atoms with E-state index in [4.69, 9.17) is 0 Å². The second kappa shape index (κ2) is 4.83. The zero-order chi connectivity index (χ0) is 15.4. The van der Waals surface area contributed by atoms with Gasteiger partial charge in [0.15, 0.2) is 9.84 Å². The van der Waals surface area contributed by atoms with E-state index in [-0.39, 0.29) is 35.3 Å². The van der Waals surface area contributed by atoms with E-state index in [9.17, 15) is 23.1 Å². The number of nitrogens with zero attached hydrogens (tertiary/aromatic N) is 1. The van der Waals surface area contributed by atoms with Crippen LogP contribution in [0.4, 0.5) is 0 Å². The van der Waals surface area contributed by atoms with Crippen molar-refractivity contribution in [1.82, 2.24) is 4.90 Å². The highest BCUT2D eigenvalue weighted by molar-refractivity contribution is 7.91. The van der Waals surface area contributed by atoms with Crippen LogP contribution < -0.4 is 0 Å². The third-order valence-electron chi connectivity index (χ3n) is 5.13. The summed E-state index contributed by atoms with van der Waals surface area (Å²) < 4.78 is 23.1. The van der Waals surface area contributed by atoms with E-state index in [1.165, 1.54) is 4.90 Å². The van der Waals surface area contributed by atoms with Crippen molar-refractivity contribution in [3.8, 4) is 0 Å². The fourth-order valence-corrected chi connectivity index (χ4v) is 5.77. The highest BCUT2D eigenvalue weighted by Gasteiger charge is 2.53. The maximum Gasteiger partial charge on any atom is 0.307 e. The molecule has 7 heteroatoms. The van der Waals surface area contributed by atoms with Crippen molar-refractivity contribution in [1.29, 1.82) is 0 Å². The minimum Gasteiger partial charge on any atom is -0.481 e. The van der Waals surface area contributed by atoms with Crippen LogP contribution in [-0.2, 0) is 19.4 Å². The highest BCUT2D eigenvalue weighted by Crippen LogP contribution is 2.48. The molecule has 2 aliphatic carbocycles. The molecular weight excluding hydrogens is 294 g/mol. The van der Waals surface area contributed by atoms with Crippen molar-refractivity contribution < 1.29 is 23.1 Å². The maximum atomic E-state index is 12.7. The molecule has 0 spiro atoms. The van der Waals surface area contributed by atoms with Gasteiger partial charge >= 0.3 is 5.97 Å². The summed E-state index contributed by atoms with van der Waals surface area (Å²) in [6.07, 6.45) is 4.99. The van der Waals surface area contributed by atoms with Gasteiger partial charge in [-0.25, -0.2) is 8.42 Å². The van der Waals surface area contributed by atoms with E-state index in [0.29, 0.717) is 12.8 Å². The number of hydrogen-bond donors (Lipinski definition) is 1. The van der Waals surface area contributed by atoms with Gasteiger partial charge in [-0.05, 0) is 24.7 Å². The third-order valence-corrected chi connectivity index (χ3v) is 6.88. The van der Waals surface area contributed by atoms with E-state index in [0.717, 1.165) is 0 Å². The monoisotopic (exact) mass is 313 g/mol. The van der Waals surface area contributed by atoms with Crippen LogP contribution in [0.2, 0.25) is 0 Å². The number of aliphatic carboxylic acids is 1. The Hall–Kier alpha value is -1.37. The first kappa shape index (κ1) is 14.6. The minimum atomic E-state index is -3.06. The van der Waals surface area contributed by atoms with Crippen LogP contribution in [0.5, 0.6) is 0 Å². The van der Waals surface area contributed by atoms with E-state index >= 15 is 0 Å². The largest absolute Gasteiger partial charge is 0.481 e. The molecular formula is C14H19NO5S. The first-order valence-corrected chi connectivity index (χ1v) is 9.00. The number of rotatable bonds is 3. The zero-order valence-electron chi connectivity index (χ0n) is 11.8. The molecule has 1 amide bonds. The lowest BCUT2D eigenvalue weighted by atomic mass is 9.82. The lowest BCUT2D eigenvalue weighted by molar-refractivity contribution is -0.151. The molecule has 3 rings (SSSR count). The van der Waals surface area contributed by atoms with Gasteiger partial charge in [-0.2, -0.15) is 0 Å². The minimum absolute atomic E-state index is 0.0103. The Balaban J connectivity index is 1.78. The summed E-state index contributed by atoms with van der Waals surface area (Å²) in [6, 6.07) is -0.319. The summed E-state index contributed by atoms with van der Waals surface area (Å²) in [5.41, 5.74) is 0. The van der Waals surface area contributed by atoms with Crippen LogP contribution in [0.3, 0.4) is 0 Å². The van der Waals surface area contributed by atoms with Crippen molar-refractivity contribution >= 4 is 21.7 Å². The Bertz CT molecular complexity index is 611. The molecule has 6 nitrogen and oxygen atoms in total. The molecule has 1 aliphatic heterocycles. The molecule has 1 saturated heterocycles. The summed E-state index contributed by atoms with van der Waals surface area (Å²) in [6.45, 7) is 0. The summed E-state index contributed by atoms with van der Waals surface area (Å²) in [5.74, 6) is -2.37. The quantitative estimate of drug-likeness (QED) is 0.749. The average Bonchev–Trinajstić information content (AvgIpc) is 3.09. The first-order chi connectivity index (χ1) is 9.80. The van der Waals surface area contributed by atoms with Gasteiger partial charge in [-0.1, -0.05) is 12.2 Å². The van der Waals surface area contributed by atoms with Crippen LogP contribution in [0, 0.1) is 23.7 Å². The predicted molar refractivity (Wildman–Crippen MR) is 75.2 cm³/mol. The van der Waals surface area contributed by atoms with Gasteiger partial charge in [0.2, 0.25) is 5.91 Å². The second-order valence-corrected chi connectivity index (χ2v) is 8.57. The van der Waals surface area contributed by atoms with Crippen molar-refractivity contribution in [3.05, 3.63) is 12.2 Å². The van der Waals surface area contributed by atoms with Gasteiger partial charge in [0.25, 0.3) is 0 Å². The first-order valence-electron chi connectivity index (χ1n) is 7.18. The number of allylic oxidation sites excluding steroid dienone is 2. The van der Waals surface area contributed by atoms with Gasteiger partial charge < -0.3 is 10.0 Å². The van der Waals surface area contributed by atoms with Gasteiger partial charge in [0, 0.05) is 13.1 Å². The number of sulfone groups is 1. The molecule has 5 atom stereocenters. The summed E-state index contributed by atoms with van der Waals surface area (Å²) in [4.78, 5) is 25.6. The normalized spacial score (nSPS) is 39.6. The summed E-state index contributed by atoms with van der Waals surface area (Å²) in [5, 5.41) is 9.38. The molecule has 0 aromatic heterocycles. The van der Waals surface area contributed by atoms with Crippen LogP contribution in [0.15, 0.2) is 12.2 Å². The van der Waals surface area contributed by atoms with Gasteiger partial charge in [0.1, 0.15) is 0 Å². The molecule has 2 fully saturated rings. The smallest absolute Gasteiger partial charge is 0.307 e. The number of amides is 1. The standard InChI is InChI=1S/C14H19NO5S/c1-15(10-4-5-21(19,20)7-10)13(16)11-8-2-3-9(6-8)12(11)14(17)18/h2-3,8-12H,4-7H2,1H3,(H,17,18)/t8-,9-,10-,11+,12+/m0/s1. The zero-order valence-corrected chi connectivity index (χ0v) is 12.6. The molecule has 0 aromatic carbocycles. The predicted octanol–water partition coefficient (Wildman–Crippen LogP) is 0.155. The fraction of sp³-hybridized carbons (Fsp3) is 0.714. The molecule has 21 heavy (non-hydrogen) atoms. The molecule has 1 N–H and O–H groups in total. The van der Waals surface area contributed by atoms with Crippen molar-refractivity contribution in [2.45, 2.75) is 18.9 Å². The fourth-order valence-electron chi connectivity index (χ4n) is 3.99. The number of carboxylic acids is 1. The number of fused-ring (bicyclic) bond motifs is 2. The molecule has 0 radical (unpaired) electrons. The third kappa shape index (κ3) is 2.37.